The van der Waals surface area contributed by atoms with E-state index >= 15 is 0 Å². The van der Waals surface area contributed by atoms with Crippen LogP contribution in [0.2, 0.25) is 0 Å². The van der Waals surface area contributed by atoms with E-state index in [2.05, 4.69) is 15.3 Å². The molecule has 3 N–H and O–H groups in total. The van der Waals surface area contributed by atoms with E-state index in [1.54, 1.807) is 18.3 Å². The standard InChI is InChI=1S/C16H14N4O2S2/c1-9(14(21)20-16(17)22)24-15-10-5-2-3-6-11(10)18-13(19-15)12-7-4-8-23-12/h2-9H,1H3,(H3,17,20,21,22)/t9-/m0/s1. The lowest BCUT2D eigenvalue weighted by atomic mass is 10.2. The average molecular weight is 358 g/mol. The van der Waals surface area contributed by atoms with Crippen molar-refractivity contribution in [2.24, 2.45) is 5.73 Å². The highest BCUT2D eigenvalue weighted by atomic mass is 32.2. The Kier molecular flexibility index (Phi) is 4.77. The molecule has 2 heterocycles. The third-order valence-corrected chi connectivity index (χ3v) is 5.18. The van der Waals surface area contributed by atoms with E-state index in [1.807, 2.05) is 41.8 Å². The number of primary amides is 1. The Balaban J connectivity index is 1.99. The summed E-state index contributed by atoms with van der Waals surface area (Å²) in [5, 5.41) is 5.08. The Bertz CT molecular complexity index is 896. The molecule has 8 heteroatoms. The zero-order valence-corrected chi connectivity index (χ0v) is 14.4. The maximum Gasteiger partial charge on any atom is 0.318 e. The molecule has 2 aromatic heterocycles. The predicted molar refractivity (Wildman–Crippen MR) is 95.9 cm³/mol. The summed E-state index contributed by atoms with van der Waals surface area (Å²) in [6, 6.07) is 10.7. The summed E-state index contributed by atoms with van der Waals surface area (Å²) in [7, 11) is 0. The SMILES string of the molecule is C[C@H](Sc1nc(-c2cccs2)nc2ccccc12)C(=O)NC(N)=O. The molecular weight excluding hydrogens is 344 g/mol. The molecule has 24 heavy (non-hydrogen) atoms. The number of fused-ring (bicyclic) bond motifs is 1. The molecule has 0 bridgehead atoms. The van der Waals surface area contributed by atoms with Crippen molar-refractivity contribution >= 4 is 45.9 Å². The van der Waals surface area contributed by atoms with Crippen LogP contribution in [-0.2, 0) is 4.79 Å². The van der Waals surface area contributed by atoms with E-state index in [4.69, 9.17) is 5.73 Å². The molecule has 0 radical (unpaired) electrons. The van der Waals surface area contributed by atoms with Gasteiger partial charge in [-0.2, -0.15) is 0 Å². The van der Waals surface area contributed by atoms with Crippen molar-refractivity contribution in [1.29, 1.82) is 0 Å². The fraction of sp³-hybridized carbons (Fsp3) is 0.125. The van der Waals surface area contributed by atoms with Gasteiger partial charge in [-0.1, -0.05) is 36.0 Å². The Morgan fingerprint density at radius 3 is 2.71 bits per heavy atom. The second kappa shape index (κ2) is 6.98. The number of benzene rings is 1. The molecule has 0 spiro atoms. The van der Waals surface area contributed by atoms with Crippen LogP contribution in [0.3, 0.4) is 0 Å². The van der Waals surface area contributed by atoms with E-state index in [9.17, 15) is 9.59 Å². The van der Waals surface area contributed by atoms with Gasteiger partial charge < -0.3 is 5.73 Å². The van der Waals surface area contributed by atoms with Crippen LogP contribution in [0.4, 0.5) is 4.79 Å². The fourth-order valence-corrected chi connectivity index (χ4v) is 3.69. The lowest BCUT2D eigenvalue weighted by Crippen LogP contribution is -2.39. The Hall–Kier alpha value is -2.45. The van der Waals surface area contributed by atoms with E-state index in [0.29, 0.717) is 10.9 Å². The number of carbonyl (C=O) groups excluding carboxylic acids is 2. The Morgan fingerprint density at radius 2 is 2.00 bits per heavy atom. The van der Waals surface area contributed by atoms with Gasteiger partial charge >= 0.3 is 6.03 Å². The number of aromatic nitrogens is 2. The van der Waals surface area contributed by atoms with E-state index < -0.39 is 17.2 Å². The topological polar surface area (TPSA) is 98.0 Å². The molecule has 3 rings (SSSR count). The van der Waals surface area contributed by atoms with E-state index in [-0.39, 0.29) is 0 Å². The van der Waals surface area contributed by atoms with Crippen molar-refractivity contribution in [2.45, 2.75) is 17.2 Å². The number of nitrogens with one attached hydrogen (secondary N) is 1. The van der Waals surface area contributed by atoms with Gasteiger partial charge in [-0.3, -0.25) is 10.1 Å². The summed E-state index contributed by atoms with van der Waals surface area (Å²) in [5.74, 6) is 0.168. The molecule has 0 saturated carbocycles. The molecule has 1 atom stereocenters. The molecule has 0 fully saturated rings. The van der Waals surface area contributed by atoms with Crippen molar-refractivity contribution in [3.63, 3.8) is 0 Å². The number of thioether (sulfide) groups is 1. The first-order valence-electron chi connectivity index (χ1n) is 7.12. The highest BCUT2D eigenvalue weighted by Gasteiger charge is 2.19. The van der Waals surface area contributed by atoms with Crippen molar-refractivity contribution < 1.29 is 9.59 Å². The Morgan fingerprint density at radius 1 is 1.21 bits per heavy atom. The monoisotopic (exact) mass is 358 g/mol. The number of thiophene rings is 1. The largest absolute Gasteiger partial charge is 0.351 e. The van der Waals surface area contributed by atoms with Crippen LogP contribution in [-0.4, -0.2) is 27.2 Å². The summed E-state index contributed by atoms with van der Waals surface area (Å²) in [4.78, 5) is 32.9. The number of hydrogen-bond acceptors (Lipinski definition) is 6. The number of nitrogens with zero attached hydrogens (tertiary/aromatic N) is 2. The van der Waals surface area contributed by atoms with Gasteiger partial charge in [0.1, 0.15) is 5.03 Å². The zero-order chi connectivity index (χ0) is 17.1. The van der Waals surface area contributed by atoms with Gasteiger partial charge in [0.05, 0.1) is 15.6 Å². The number of amides is 3. The summed E-state index contributed by atoms with van der Waals surface area (Å²) < 4.78 is 0. The third-order valence-electron chi connectivity index (χ3n) is 3.21. The highest BCUT2D eigenvalue weighted by molar-refractivity contribution is 8.00. The zero-order valence-electron chi connectivity index (χ0n) is 12.7. The van der Waals surface area contributed by atoms with Crippen molar-refractivity contribution in [3.8, 4) is 10.7 Å². The maximum atomic E-state index is 11.9. The molecule has 0 aliphatic carbocycles. The third kappa shape index (κ3) is 3.55. The number of hydrogen-bond donors (Lipinski definition) is 2. The molecule has 0 aliphatic heterocycles. The molecule has 3 amide bonds. The molecular formula is C16H14N4O2S2. The summed E-state index contributed by atoms with van der Waals surface area (Å²) in [6.45, 7) is 1.70. The van der Waals surface area contributed by atoms with Crippen LogP contribution in [0.15, 0.2) is 46.8 Å². The van der Waals surface area contributed by atoms with Crippen molar-refractivity contribution in [1.82, 2.24) is 15.3 Å². The minimum Gasteiger partial charge on any atom is -0.351 e. The summed E-state index contributed by atoms with van der Waals surface area (Å²) in [5.41, 5.74) is 5.81. The van der Waals surface area contributed by atoms with Gasteiger partial charge in [-0.15, -0.1) is 11.3 Å². The minimum absolute atomic E-state index is 0.451. The number of urea groups is 1. The highest BCUT2D eigenvalue weighted by Crippen LogP contribution is 2.32. The lowest BCUT2D eigenvalue weighted by Gasteiger charge is -2.12. The van der Waals surface area contributed by atoms with Crippen LogP contribution in [0.25, 0.3) is 21.6 Å². The maximum absolute atomic E-state index is 11.9. The van der Waals surface area contributed by atoms with Crippen molar-refractivity contribution in [2.75, 3.05) is 0 Å². The summed E-state index contributed by atoms with van der Waals surface area (Å²) in [6.07, 6.45) is 0. The van der Waals surface area contributed by atoms with Crippen LogP contribution in [0.5, 0.6) is 0 Å². The second-order valence-electron chi connectivity index (χ2n) is 4.96. The van der Waals surface area contributed by atoms with Crippen LogP contribution in [0, 0.1) is 0 Å². The van der Waals surface area contributed by atoms with Gasteiger partial charge in [0.25, 0.3) is 0 Å². The summed E-state index contributed by atoms with van der Waals surface area (Å²) >= 11 is 2.82. The fourth-order valence-electron chi connectivity index (χ4n) is 2.10. The molecule has 0 unspecified atom stereocenters. The van der Waals surface area contributed by atoms with Gasteiger partial charge in [0, 0.05) is 5.39 Å². The van der Waals surface area contributed by atoms with Crippen LogP contribution < -0.4 is 11.1 Å². The first kappa shape index (κ1) is 16.4. The van der Waals surface area contributed by atoms with Gasteiger partial charge in [-0.25, -0.2) is 14.8 Å². The number of nitrogens with two attached hydrogens (primary N) is 1. The number of rotatable bonds is 4. The van der Waals surface area contributed by atoms with Gasteiger partial charge in [0.15, 0.2) is 5.82 Å². The molecule has 3 aromatic rings. The number of carbonyl (C=O) groups is 2. The van der Waals surface area contributed by atoms with E-state index in [1.165, 1.54) is 11.8 Å². The first-order chi connectivity index (χ1) is 11.5. The predicted octanol–water partition coefficient (Wildman–Crippen LogP) is 3.03. The smallest absolute Gasteiger partial charge is 0.318 e. The lowest BCUT2D eigenvalue weighted by molar-refractivity contribution is -0.119. The molecule has 0 aliphatic rings. The average Bonchev–Trinajstić information content (AvgIpc) is 3.08. The van der Waals surface area contributed by atoms with Gasteiger partial charge in [-0.05, 0) is 24.4 Å². The molecule has 6 nitrogen and oxygen atoms in total. The molecule has 122 valence electrons. The van der Waals surface area contributed by atoms with Crippen molar-refractivity contribution in [3.05, 3.63) is 41.8 Å². The molecule has 0 saturated heterocycles. The normalized spacial score (nSPS) is 12.0. The van der Waals surface area contributed by atoms with Gasteiger partial charge in [0.2, 0.25) is 5.91 Å². The Labute approximate surface area is 146 Å². The van der Waals surface area contributed by atoms with Crippen LogP contribution in [0.1, 0.15) is 6.92 Å². The minimum atomic E-state index is -0.862. The number of imide groups is 1. The number of para-hydroxylation sites is 1. The molecule has 1 aromatic carbocycles. The quantitative estimate of drug-likeness (QED) is 0.552. The second-order valence-corrected chi connectivity index (χ2v) is 7.24. The van der Waals surface area contributed by atoms with Crippen LogP contribution >= 0.6 is 23.1 Å². The van der Waals surface area contributed by atoms with E-state index in [0.717, 1.165) is 15.8 Å². The first-order valence-corrected chi connectivity index (χ1v) is 8.88.